The molecule has 0 aromatic carbocycles. The van der Waals surface area contributed by atoms with Crippen LogP contribution in [0.5, 0.6) is 0 Å². The van der Waals surface area contributed by atoms with Crippen molar-refractivity contribution in [2.24, 2.45) is 0 Å². The maximum absolute atomic E-state index is 11.6. The van der Waals surface area contributed by atoms with Gasteiger partial charge in [0.2, 0.25) is 5.91 Å². The second-order valence-electron chi connectivity index (χ2n) is 3.32. The fourth-order valence-corrected chi connectivity index (χ4v) is 2.20. The summed E-state index contributed by atoms with van der Waals surface area (Å²) in [7, 11) is 0. The predicted octanol–water partition coefficient (Wildman–Crippen LogP) is 1.97. The maximum Gasteiger partial charge on any atom is 0.223 e. The standard InChI is InChI=1S/C9H16ClNOS/c1-13-6-4-9(12)11-5-2-3-8(10)7-11/h8H,2-7H2,1H3. The molecule has 1 unspecified atom stereocenters. The number of hydrogen-bond acceptors (Lipinski definition) is 2. The third kappa shape index (κ3) is 3.77. The van der Waals surface area contributed by atoms with E-state index in [4.69, 9.17) is 11.6 Å². The van der Waals surface area contributed by atoms with E-state index in [0.717, 1.165) is 31.7 Å². The number of carbonyl (C=O) groups is 1. The van der Waals surface area contributed by atoms with Gasteiger partial charge in [0, 0.05) is 25.3 Å². The summed E-state index contributed by atoms with van der Waals surface area (Å²) in [4.78, 5) is 13.5. The number of nitrogens with zero attached hydrogens (tertiary/aromatic N) is 1. The molecule has 4 heteroatoms. The van der Waals surface area contributed by atoms with Gasteiger partial charge < -0.3 is 4.90 Å². The summed E-state index contributed by atoms with van der Waals surface area (Å²) in [5.74, 6) is 1.18. The first-order valence-electron chi connectivity index (χ1n) is 4.65. The van der Waals surface area contributed by atoms with Crippen LogP contribution >= 0.6 is 23.4 Å². The van der Waals surface area contributed by atoms with E-state index in [1.54, 1.807) is 11.8 Å². The molecule has 1 rings (SSSR count). The van der Waals surface area contributed by atoms with E-state index in [9.17, 15) is 4.79 Å². The van der Waals surface area contributed by atoms with Gasteiger partial charge in [0.15, 0.2) is 0 Å². The average Bonchev–Trinajstić information content (AvgIpc) is 2.14. The summed E-state index contributed by atoms with van der Waals surface area (Å²) in [6.45, 7) is 1.64. The number of halogens is 1. The lowest BCUT2D eigenvalue weighted by atomic mass is 10.1. The van der Waals surface area contributed by atoms with E-state index in [-0.39, 0.29) is 11.3 Å². The van der Waals surface area contributed by atoms with Crippen LogP contribution < -0.4 is 0 Å². The van der Waals surface area contributed by atoms with Gasteiger partial charge in [-0.25, -0.2) is 0 Å². The molecule has 2 nitrogen and oxygen atoms in total. The third-order valence-electron chi connectivity index (χ3n) is 2.24. The van der Waals surface area contributed by atoms with Gasteiger partial charge in [0.1, 0.15) is 0 Å². The number of amides is 1. The molecular weight excluding hydrogens is 206 g/mol. The Morgan fingerprint density at radius 2 is 2.46 bits per heavy atom. The smallest absolute Gasteiger partial charge is 0.223 e. The first-order chi connectivity index (χ1) is 6.24. The van der Waals surface area contributed by atoms with Crippen LogP contribution in [0.4, 0.5) is 0 Å². The minimum atomic E-state index is 0.173. The summed E-state index contributed by atoms with van der Waals surface area (Å²) >= 11 is 7.70. The van der Waals surface area contributed by atoms with Crippen LogP contribution in [-0.2, 0) is 4.79 Å². The van der Waals surface area contributed by atoms with Gasteiger partial charge >= 0.3 is 0 Å². The molecular formula is C9H16ClNOS. The third-order valence-corrected chi connectivity index (χ3v) is 3.21. The van der Waals surface area contributed by atoms with E-state index in [1.807, 2.05) is 11.2 Å². The molecule has 0 spiro atoms. The molecule has 13 heavy (non-hydrogen) atoms. The number of hydrogen-bond donors (Lipinski definition) is 0. The van der Waals surface area contributed by atoms with Crippen LogP contribution in [0.15, 0.2) is 0 Å². The van der Waals surface area contributed by atoms with Crippen molar-refractivity contribution in [2.45, 2.75) is 24.6 Å². The van der Waals surface area contributed by atoms with E-state index >= 15 is 0 Å². The molecule has 76 valence electrons. The van der Waals surface area contributed by atoms with Crippen LogP contribution in [-0.4, -0.2) is 41.3 Å². The molecule has 1 saturated heterocycles. The number of likely N-dealkylation sites (tertiary alicyclic amines) is 1. The highest BCUT2D eigenvalue weighted by Gasteiger charge is 2.21. The maximum atomic E-state index is 11.6. The van der Waals surface area contributed by atoms with Crippen molar-refractivity contribution in [1.29, 1.82) is 0 Å². The Kier molecular flexibility index (Phi) is 4.96. The van der Waals surface area contributed by atoms with Crippen molar-refractivity contribution in [1.82, 2.24) is 4.90 Å². The van der Waals surface area contributed by atoms with Crippen LogP contribution in [0.3, 0.4) is 0 Å². The molecule has 1 fully saturated rings. The summed E-state index contributed by atoms with van der Waals surface area (Å²) in [5, 5.41) is 0.173. The second-order valence-corrected chi connectivity index (χ2v) is 4.92. The van der Waals surface area contributed by atoms with Crippen LogP contribution in [0.25, 0.3) is 0 Å². The van der Waals surface area contributed by atoms with Crippen molar-refractivity contribution < 1.29 is 4.79 Å². The zero-order chi connectivity index (χ0) is 9.68. The fraction of sp³-hybridized carbons (Fsp3) is 0.889. The summed E-state index contributed by atoms with van der Waals surface area (Å²) in [6.07, 6.45) is 4.78. The largest absolute Gasteiger partial charge is 0.341 e. The molecule has 0 aromatic heterocycles. The van der Waals surface area contributed by atoms with Crippen LogP contribution in [0.2, 0.25) is 0 Å². The monoisotopic (exact) mass is 221 g/mol. The number of alkyl halides is 1. The zero-order valence-electron chi connectivity index (χ0n) is 7.96. The Hall–Kier alpha value is 0.110. The van der Waals surface area contributed by atoms with E-state index in [1.165, 1.54) is 0 Å². The van der Waals surface area contributed by atoms with Crippen LogP contribution in [0, 0.1) is 0 Å². The highest BCUT2D eigenvalue weighted by molar-refractivity contribution is 7.98. The minimum absolute atomic E-state index is 0.173. The number of carbonyl (C=O) groups excluding carboxylic acids is 1. The van der Waals surface area contributed by atoms with Crippen molar-refractivity contribution >= 4 is 29.3 Å². The number of rotatable bonds is 3. The van der Waals surface area contributed by atoms with E-state index < -0.39 is 0 Å². The molecule has 0 bridgehead atoms. The Morgan fingerprint density at radius 1 is 1.69 bits per heavy atom. The van der Waals surface area contributed by atoms with Crippen LogP contribution in [0.1, 0.15) is 19.3 Å². The molecule has 1 aliphatic rings. The molecule has 0 aliphatic carbocycles. The van der Waals surface area contributed by atoms with Gasteiger partial charge in [-0.05, 0) is 19.1 Å². The van der Waals surface area contributed by atoms with Gasteiger partial charge in [0.05, 0.1) is 5.38 Å². The molecule has 0 aromatic rings. The highest BCUT2D eigenvalue weighted by Crippen LogP contribution is 2.16. The van der Waals surface area contributed by atoms with Gasteiger partial charge in [0.25, 0.3) is 0 Å². The molecule has 1 heterocycles. The summed E-state index contributed by atoms with van der Waals surface area (Å²) in [6, 6.07) is 0. The van der Waals surface area contributed by atoms with Gasteiger partial charge in [-0.3, -0.25) is 4.79 Å². The topological polar surface area (TPSA) is 20.3 Å². The Bertz CT molecular complexity index is 177. The van der Waals surface area contributed by atoms with Crippen molar-refractivity contribution in [3.8, 4) is 0 Å². The first-order valence-corrected chi connectivity index (χ1v) is 6.48. The minimum Gasteiger partial charge on any atom is -0.341 e. The van der Waals surface area contributed by atoms with Gasteiger partial charge in [-0.15, -0.1) is 11.6 Å². The highest BCUT2D eigenvalue weighted by atomic mass is 35.5. The van der Waals surface area contributed by atoms with Gasteiger partial charge in [-0.1, -0.05) is 0 Å². The SMILES string of the molecule is CSCCC(=O)N1CCCC(Cl)C1. The number of piperidine rings is 1. The fourth-order valence-electron chi connectivity index (χ4n) is 1.50. The quantitative estimate of drug-likeness (QED) is 0.680. The lowest BCUT2D eigenvalue weighted by Crippen LogP contribution is -2.40. The normalized spacial score (nSPS) is 23.2. The van der Waals surface area contributed by atoms with E-state index in [0.29, 0.717) is 6.42 Å². The Morgan fingerprint density at radius 3 is 3.08 bits per heavy atom. The molecule has 0 saturated carbocycles. The first kappa shape index (κ1) is 11.2. The molecule has 1 amide bonds. The zero-order valence-corrected chi connectivity index (χ0v) is 9.53. The van der Waals surface area contributed by atoms with Crippen molar-refractivity contribution in [3.63, 3.8) is 0 Å². The molecule has 1 atom stereocenters. The lowest BCUT2D eigenvalue weighted by Gasteiger charge is -2.29. The van der Waals surface area contributed by atoms with Gasteiger partial charge in [-0.2, -0.15) is 11.8 Å². The molecule has 0 N–H and O–H groups in total. The van der Waals surface area contributed by atoms with E-state index in [2.05, 4.69) is 0 Å². The Labute approximate surface area is 89.0 Å². The molecule has 1 aliphatic heterocycles. The average molecular weight is 222 g/mol. The summed E-state index contributed by atoms with van der Waals surface area (Å²) < 4.78 is 0. The molecule has 0 radical (unpaired) electrons. The van der Waals surface area contributed by atoms with Crippen molar-refractivity contribution in [2.75, 3.05) is 25.1 Å². The lowest BCUT2D eigenvalue weighted by molar-refractivity contribution is -0.131. The summed E-state index contributed by atoms with van der Waals surface area (Å²) in [5.41, 5.74) is 0. The second kappa shape index (κ2) is 5.76. The van der Waals surface area contributed by atoms with Crippen molar-refractivity contribution in [3.05, 3.63) is 0 Å². The Balaban J connectivity index is 2.28. The number of thioether (sulfide) groups is 1. The predicted molar refractivity (Wildman–Crippen MR) is 58.5 cm³/mol.